The summed E-state index contributed by atoms with van der Waals surface area (Å²) in [5.74, 6) is -0.673. The standard InChI is InChI=1S/C9H15NO3/c1-4-6-13-9(12)7-10(3)8(11)5-2/h5H,2,4,6-7H2,1,3H3. The summed E-state index contributed by atoms with van der Waals surface area (Å²) in [6.07, 6.45) is 1.94. The van der Waals surface area contributed by atoms with Crippen molar-refractivity contribution in [2.24, 2.45) is 0 Å². The molecule has 0 unspecified atom stereocenters. The monoisotopic (exact) mass is 185 g/mol. The lowest BCUT2D eigenvalue weighted by Crippen LogP contribution is -2.31. The molecule has 0 atom stereocenters. The molecular weight excluding hydrogens is 170 g/mol. The van der Waals surface area contributed by atoms with Gasteiger partial charge >= 0.3 is 5.97 Å². The van der Waals surface area contributed by atoms with Gasteiger partial charge in [0, 0.05) is 7.05 Å². The summed E-state index contributed by atoms with van der Waals surface area (Å²) in [7, 11) is 1.53. The van der Waals surface area contributed by atoms with E-state index in [9.17, 15) is 9.59 Å². The second-order valence-electron chi connectivity index (χ2n) is 2.62. The molecule has 0 heterocycles. The highest BCUT2D eigenvalue weighted by Gasteiger charge is 2.10. The fourth-order valence-electron chi connectivity index (χ4n) is 0.689. The van der Waals surface area contributed by atoms with E-state index in [0.29, 0.717) is 6.61 Å². The molecule has 0 aliphatic carbocycles. The molecule has 0 fully saturated rings. The smallest absolute Gasteiger partial charge is 0.325 e. The maximum atomic E-state index is 11.0. The highest BCUT2D eigenvalue weighted by atomic mass is 16.5. The minimum atomic E-state index is -0.389. The SMILES string of the molecule is C=CC(=O)N(C)CC(=O)OCCC. The van der Waals surface area contributed by atoms with Crippen molar-refractivity contribution >= 4 is 11.9 Å². The molecule has 0 radical (unpaired) electrons. The van der Waals surface area contributed by atoms with Crippen molar-refractivity contribution in [3.05, 3.63) is 12.7 Å². The van der Waals surface area contributed by atoms with Crippen LogP contribution >= 0.6 is 0 Å². The van der Waals surface area contributed by atoms with Crippen LogP contribution in [0.25, 0.3) is 0 Å². The molecule has 0 aromatic rings. The fourth-order valence-corrected chi connectivity index (χ4v) is 0.689. The highest BCUT2D eigenvalue weighted by Crippen LogP contribution is 1.89. The summed E-state index contributed by atoms with van der Waals surface area (Å²) in [5.41, 5.74) is 0. The van der Waals surface area contributed by atoms with Crippen LogP contribution in [0.2, 0.25) is 0 Å². The number of hydrogen-bond donors (Lipinski definition) is 0. The molecule has 0 rings (SSSR count). The normalized spacial score (nSPS) is 9.08. The number of likely N-dealkylation sites (N-methyl/N-ethyl adjacent to an activating group) is 1. The van der Waals surface area contributed by atoms with E-state index in [1.54, 1.807) is 0 Å². The summed E-state index contributed by atoms with van der Waals surface area (Å²) in [6.45, 7) is 5.59. The third-order valence-electron chi connectivity index (χ3n) is 1.38. The quantitative estimate of drug-likeness (QED) is 0.465. The van der Waals surface area contributed by atoms with Crippen LogP contribution in [0.15, 0.2) is 12.7 Å². The zero-order valence-electron chi connectivity index (χ0n) is 8.08. The minimum Gasteiger partial charge on any atom is -0.464 e. The van der Waals surface area contributed by atoms with Crippen molar-refractivity contribution < 1.29 is 14.3 Å². The van der Waals surface area contributed by atoms with Gasteiger partial charge in [-0.3, -0.25) is 9.59 Å². The average Bonchev–Trinajstić information content (AvgIpc) is 2.13. The van der Waals surface area contributed by atoms with Crippen LogP contribution in [0, 0.1) is 0 Å². The predicted molar refractivity (Wildman–Crippen MR) is 49.1 cm³/mol. The van der Waals surface area contributed by atoms with Crippen molar-refractivity contribution in [1.29, 1.82) is 0 Å². The predicted octanol–water partition coefficient (Wildman–Crippen LogP) is 0.584. The summed E-state index contributed by atoms with van der Waals surface area (Å²) >= 11 is 0. The molecule has 4 nitrogen and oxygen atoms in total. The van der Waals surface area contributed by atoms with Gasteiger partial charge < -0.3 is 9.64 Å². The van der Waals surface area contributed by atoms with Gasteiger partial charge in [-0.1, -0.05) is 13.5 Å². The topological polar surface area (TPSA) is 46.6 Å². The maximum absolute atomic E-state index is 11.0. The Balaban J connectivity index is 3.77. The number of nitrogens with zero attached hydrogens (tertiary/aromatic N) is 1. The first-order chi connectivity index (χ1) is 6.11. The van der Waals surface area contributed by atoms with Gasteiger partial charge in [0.25, 0.3) is 0 Å². The molecule has 0 saturated carbocycles. The lowest BCUT2D eigenvalue weighted by Gasteiger charge is -2.13. The second-order valence-corrected chi connectivity index (χ2v) is 2.62. The molecule has 1 amide bonds. The number of rotatable bonds is 5. The zero-order chi connectivity index (χ0) is 10.3. The molecule has 0 aromatic heterocycles. The highest BCUT2D eigenvalue weighted by molar-refractivity contribution is 5.89. The largest absolute Gasteiger partial charge is 0.464 e. The van der Waals surface area contributed by atoms with Gasteiger partial charge in [-0.2, -0.15) is 0 Å². The lowest BCUT2D eigenvalue weighted by molar-refractivity contribution is -0.147. The first kappa shape index (κ1) is 11.7. The van der Waals surface area contributed by atoms with Crippen molar-refractivity contribution in [2.75, 3.05) is 20.2 Å². The van der Waals surface area contributed by atoms with Crippen LogP contribution in [0.3, 0.4) is 0 Å². The van der Waals surface area contributed by atoms with Crippen LogP contribution < -0.4 is 0 Å². The molecule has 0 N–H and O–H groups in total. The van der Waals surface area contributed by atoms with Gasteiger partial charge in [-0.25, -0.2) is 0 Å². The van der Waals surface area contributed by atoms with Crippen molar-refractivity contribution in [2.45, 2.75) is 13.3 Å². The van der Waals surface area contributed by atoms with E-state index >= 15 is 0 Å². The van der Waals surface area contributed by atoms with Crippen LogP contribution in [-0.4, -0.2) is 37.0 Å². The molecule has 0 aliphatic heterocycles. The van der Waals surface area contributed by atoms with Crippen LogP contribution in [-0.2, 0) is 14.3 Å². The van der Waals surface area contributed by atoms with Gasteiger partial charge in [-0.15, -0.1) is 0 Å². The summed E-state index contributed by atoms with van der Waals surface area (Å²) < 4.78 is 4.79. The van der Waals surface area contributed by atoms with E-state index in [0.717, 1.165) is 12.5 Å². The van der Waals surface area contributed by atoms with E-state index in [1.165, 1.54) is 11.9 Å². The Kier molecular flexibility index (Phi) is 5.59. The Morgan fingerprint density at radius 3 is 2.62 bits per heavy atom. The van der Waals surface area contributed by atoms with E-state index in [-0.39, 0.29) is 18.4 Å². The zero-order valence-corrected chi connectivity index (χ0v) is 8.08. The molecule has 0 aromatic carbocycles. The molecule has 4 heteroatoms. The number of ether oxygens (including phenoxy) is 1. The number of carbonyl (C=O) groups excluding carboxylic acids is 2. The first-order valence-corrected chi connectivity index (χ1v) is 4.15. The lowest BCUT2D eigenvalue weighted by atomic mass is 10.5. The Hall–Kier alpha value is -1.32. The van der Waals surface area contributed by atoms with Crippen molar-refractivity contribution in [3.63, 3.8) is 0 Å². The van der Waals surface area contributed by atoms with Crippen molar-refractivity contribution in [1.82, 2.24) is 4.90 Å². The first-order valence-electron chi connectivity index (χ1n) is 4.15. The third-order valence-corrected chi connectivity index (χ3v) is 1.38. The fraction of sp³-hybridized carbons (Fsp3) is 0.556. The summed E-state index contributed by atoms with van der Waals surface area (Å²) in [4.78, 5) is 23.2. The molecule has 74 valence electrons. The average molecular weight is 185 g/mol. The van der Waals surface area contributed by atoms with Gasteiger partial charge in [0.15, 0.2) is 0 Å². The van der Waals surface area contributed by atoms with Gasteiger partial charge in [0.1, 0.15) is 6.54 Å². The number of hydrogen-bond acceptors (Lipinski definition) is 3. The number of amides is 1. The molecule has 13 heavy (non-hydrogen) atoms. The number of carbonyl (C=O) groups is 2. The second kappa shape index (κ2) is 6.22. The van der Waals surface area contributed by atoms with Crippen molar-refractivity contribution in [3.8, 4) is 0 Å². The summed E-state index contributed by atoms with van der Waals surface area (Å²) in [5, 5.41) is 0. The summed E-state index contributed by atoms with van der Waals surface area (Å²) in [6, 6.07) is 0. The Morgan fingerprint density at radius 1 is 1.54 bits per heavy atom. The Bertz CT molecular complexity index is 201. The molecule has 0 saturated heterocycles. The maximum Gasteiger partial charge on any atom is 0.325 e. The Morgan fingerprint density at radius 2 is 2.15 bits per heavy atom. The van der Waals surface area contributed by atoms with Gasteiger partial charge in [-0.05, 0) is 12.5 Å². The van der Waals surface area contributed by atoms with E-state index in [2.05, 4.69) is 6.58 Å². The number of esters is 1. The molecule has 0 bridgehead atoms. The minimum absolute atomic E-state index is 0.0230. The van der Waals surface area contributed by atoms with Crippen LogP contribution in [0.5, 0.6) is 0 Å². The Labute approximate surface area is 78.2 Å². The van der Waals surface area contributed by atoms with Crippen LogP contribution in [0.4, 0.5) is 0 Å². The van der Waals surface area contributed by atoms with Crippen LogP contribution in [0.1, 0.15) is 13.3 Å². The van der Waals surface area contributed by atoms with Gasteiger partial charge in [0.2, 0.25) is 5.91 Å². The third kappa shape index (κ3) is 5.00. The molecule has 0 spiro atoms. The van der Waals surface area contributed by atoms with E-state index in [4.69, 9.17) is 4.74 Å². The molecular formula is C9H15NO3. The molecule has 0 aliphatic rings. The van der Waals surface area contributed by atoms with Gasteiger partial charge in [0.05, 0.1) is 6.61 Å². The van der Waals surface area contributed by atoms with E-state index < -0.39 is 0 Å². The van der Waals surface area contributed by atoms with E-state index in [1.807, 2.05) is 6.92 Å².